The smallest absolute Gasteiger partial charge is 0.220 e. The molecule has 186 valence electrons. The van der Waals surface area contributed by atoms with Gasteiger partial charge in [-0.3, -0.25) is 9.69 Å². The summed E-state index contributed by atoms with van der Waals surface area (Å²) in [7, 11) is 0. The lowest BCUT2D eigenvalue weighted by molar-refractivity contribution is -0.123. The van der Waals surface area contributed by atoms with E-state index < -0.39 is 0 Å². The number of anilines is 1. The van der Waals surface area contributed by atoms with Crippen molar-refractivity contribution >= 4 is 33.1 Å². The predicted molar refractivity (Wildman–Crippen MR) is 139 cm³/mol. The first-order valence-corrected chi connectivity index (χ1v) is 14.3. The molecule has 3 heterocycles. The fraction of sp³-hybridized carbons (Fsp3) is 0.704. The number of aromatic nitrogens is 1. The van der Waals surface area contributed by atoms with E-state index >= 15 is 0 Å². The third-order valence-corrected chi connectivity index (χ3v) is 9.27. The molecule has 2 aliphatic carbocycles. The molecule has 0 unspecified atom stereocenters. The van der Waals surface area contributed by atoms with Gasteiger partial charge in [0, 0.05) is 54.9 Å². The van der Waals surface area contributed by atoms with E-state index in [-0.39, 0.29) is 12.0 Å². The lowest BCUT2D eigenvalue weighted by Crippen LogP contribution is -2.47. The lowest BCUT2D eigenvalue weighted by Gasteiger charge is -2.37. The Morgan fingerprint density at radius 3 is 2.50 bits per heavy atom. The number of piperazine rings is 1. The van der Waals surface area contributed by atoms with Crippen molar-refractivity contribution in [1.82, 2.24) is 15.2 Å². The van der Waals surface area contributed by atoms with E-state index in [9.17, 15) is 9.90 Å². The van der Waals surface area contributed by atoms with Gasteiger partial charge in [0.25, 0.3) is 0 Å². The summed E-state index contributed by atoms with van der Waals surface area (Å²) in [6, 6.07) is 4.69. The summed E-state index contributed by atoms with van der Waals surface area (Å²) in [5.74, 6) is 2.65. The first-order valence-electron chi connectivity index (χ1n) is 13.4. The number of thiophene rings is 1. The molecular formula is C27H40N4O2S. The van der Waals surface area contributed by atoms with Gasteiger partial charge in [0.05, 0.1) is 6.10 Å². The number of aliphatic hydroxyl groups excluding tert-OH is 1. The van der Waals surface area contributed by atoms with Crippen LogP contribution in [0.3, 0.4) is 0 Å². The highest BCUT2D eigenvalue weighted by Gasteiger charge is 2.26. The van der Waals surface area contributed by atoms with Crippen LogP contribution in [-0.4, -0.2) is 65.8 Å². The number of nitrogens with zero attached hydrogens (tertiary/aromatic N) is 3. The Bertz CT molecular complexity index is 926. The number of carbonyl (C=O) groups is 1. The molecule has 3 fully saturated rings. The van der Waals surface area contributed by atoms with Crippen molar-refractivity contribution in [2.75, 3.05) is 37.6 Å². The maximum absolute atomic E-state index is 12.5. The molecule has 0 aromatic carbocycles. The van der Waals surface area contributed by atoms with Crippen LogP contribution < -0.4 is 10.2 Å². The third-order valence-electron chi connectivity index (χ3n) is 8.39. The van der Waals surface area contributed by atoms with Crippen LogP contribution in [0.25, 0.3) is 10.1 Å². The standard InChI is InChI=1S/C27H40N4O2S/c32-23-7-3-21(4-8-23)19-26(33)29-22-5-1-20(2-6-22)10-13-30-14-16-31(17-15-30)27-24-11-18-34-25(24)9-12-28-27/h9,11-12,18,20-23,32H,1-8,10,13-17,19H2,(H,29,33)/t20-,21?,22-,23?. The number of carbonyl (C=O) groups excluding carboxylic acids is 1. The molecule has 5 rings (SSSR count). The Kier molecular flexibility index (Phi) is 8.02. The van der Waals surface area contributed by atoms with E-state index in [1.807, 2.05) is 6.20 Å². The van der Waals surface area contributed by atoms with Crippen molar-refractivity contribution in [3.8, 4) is 0 Å². The van der Waals surface area contributed by atoms with Gasteiger partial charge in [-0.05, 0) is 93.7 Å². The summed E-state index contributed by atoms with van der Waals surface area (Å²) < 4.78 is 1.33. The Hall–Kier alpha value is -1.70. The minimum Gasteiger partial charge on any atom is -0.393 e. The average Bonchev–Trinajstić information content (AvgIpc) is 3.35. The van der Waals surface area contributed by atoms with Gasteiger partial charge in [-0.25, -0.2) is 4.98 Å². The zero-order valence-corrected chi connectivity index (χ0v) is 21.1. The first kappa shape index (κ1) is 24.0. The molecule has 0 bridgehead atoms. The predicted octanol–water partition coefficient (Wildman–Crippen LogP) is 4.42. The summed E-state index contributed by atoms with van der Waals surface area (Å²) >= 11 is 1.79. The molecular weight excluding hydrogens is 444 g/mol. The van der Waals surface area contributed by atoms with E-state index in [4.69, 9.17) is 0 Å². The molecule has 0 radical (unpaired) electrons. The molecule has 2 aromatic rings. The summed E-state index contributed by atoms with van der Waals surface area (Å²) in [6.07, 6.45) is 12.2. The van der Waals surface area contributed by atoms with Crippen molar-refractivity contribution < 1.29 is 9.90 Å². The number of hydrogen-bond acceptors (Lipinski definition) is 6. The van der Waals surface area contributed by atoms with E-state index in [0.717, 1.165) is 76.4 Å². The molecule has 0 spiro atoms. The van der Waals surface area contributed by atoms with Crippen LogP contribution in [0.1, 0.15) is 64.2 Å². The first-order chi connectivity index (χ1) is 16.6. The molecule has 2 N–H and O–H groups in total. The van der Waals surface area contributed by atoms with Gasteiger partial charge in [0.2, 0.25) is 5.91 Å². The fourth-order valence-electron chi connectivity index (χ4n) is 6.17. The summed E-state index contributed by atoms with van der Waals surface area (Å²) in [4.78, 5) is 22.2. The number of rotatable bonds is 7. The van der Waals surface area contributed by atoms with Crippen molar-refractivity contribution in [2.45, 2.75) is 76.4 Å². The van der Waals surface area contributed by atoms with E-state index in [1.165, 1.54) is 35.9 Å². The Morgan fingerprint density at radius 2 is 1.74 bits per heavy atom. The van der Waals surface area contributed by atoms with Gasteiger partial charge in [0.15, 0.2) is 0 Å². The number of nitrogens with one attached hydrogen (secondary N) is 1. The SMILES string of the molecule is O=C(CC1CCC(O)CC1)N[C@H]1CC[C@H](CCN2CCN(c3nccc4sccc34)CC2)CC1. The molecule has 6 nitrogen and oxygen atoms in total. The van der Waals surface area contributed by atoms with E-state index in [0.29, 0.717) is 18.4 Å². The molecule has 7 heteroatoms. The van der Waals surface area contributed by atoms with Crippen molar-refractivity contribution in [1.29, 1.82) is 0 Å². The molecule has 2 saturated carbocycles. The second-order valence-electron chi connectivity index (χ2n) is 10.7. The molecule has 1 saturated heterocycles. The topological polar surface area (TPSA) is 68.7 Å². The highest BCUT2D eigenvalue weighted by atomic mass is 32.1. The number of hydrogen-bond donors (Lipinski definition) is 2. The number of pyridine rings is 1. The van der Waals surface area contributed by atoms with Gasteiger partial charge in [-0.1, -0.05) is 0 Å². The zero-order chi connectivity index (χ0) is 23.3. The molecule has 3 aliphatic rings. The van der Waals surface area contributed by atoms with Crippen molar-refractivity contribution in [3.05, 3.63) is 23.7 Å². The van der Waals surface area contributed by atoms with Crippen LogP contribution in [0, 0.1) is 11.8 Å². The molecule has 1 aliphatic heterocycles. The monoisotopic (exact) mass is 484 g/mol. The second-order valence-corrected chi connectivity index (χ2v) is 11.7. The molecule has 2 aromatic heterocycles. The zero-order valence-electron chi connectivity index (χ0n) is 20.3. The van der Waals surface area contributed by atoms with Gasteiger partial charge in [-0.15, -0.1) is 11.3 Å². The third kappa shape index (κ3) is 6.10. The maximum Gasteiger partial charge on any atom is 0.220 e. The van der Waals surface area contributed by atoms with Crippen LogP contribution in [0.2, 0.25) is 0 Å². The summed E-state index contributed by atoms with van der Waals surface area (Å²) in [6.45, 7) is 5.54. The van der Waals surface area contributed by atoms with Crippen molar-refractivity contribution in [3.63, 3.8) is 0 Å². The Labute approximate surface area is 207 Å². The largest absolute Gasteiger partial charge is 0.393 e. The van der Waals surface area contributed by atoms with Gasteiger partial charge in [0.1, 0.15) is 5.82 Å². The van der Waals surface area contributed by atoms with Crippen molar-refractivity contribution in [2.24, 2.45) is 11.8 Å². The van der Waals surface area contributed by atoms with Crippen LogP contribution in [0.15, 0.2) is 23.7 Å². The highest BCUT2D eigenvalue weighted by molar-refractivity contribution is 7.17. The minimum absolute atomic E-state index is 0.142. The number of fused-ring (bicyclic) bond motifs is 1. The Morgan fingerprint density at radius 1 is 1.00 bits per heavy atom. The van der Waals surface area contributed by atoms with Gasteiger partial charge < -0.3 is 15.3 Å². The highest BCUT2D eigenvalue weighted by Crippen LogP contribution is 2.31. The summed E-state index contributed by atoms with van der Waals surface area (Å²) in [5, 5.41) is 16.4. The van der Waals surface area contributed by atoms with Crippen LogP contribution in [0.5, 0.6) is 0 Å². The molecule has 34 heavy (non-hydrogen) atoms. The molecule has 1 amide bonds. The molecule has 0 atom stereocenters. The maximum atomic E-state index is 12.5. The quantitative estimate of drug-likeness (QED) is 0.609. The van der Waals surface area contributed by atoms with Crippen LogP contribution in [0.4, 0.5) is 5.82 Å². The normalized spacial score (nSPS) is 28.8. The van der Waals surface area contributed by atoms with E-state index in [1.54, 1.807) is 11.3 Å². The fourth-order valence-corrected chi connectivity index (χ4v) is 6.95. The number of aliphatic hydroxyl groups is 1. The summed E-state index contributed by atoms with van der Waals surface area (Å²) in [5.41, 5.74) is 0. The minimum atomic E-state index is -0.142. The average molecular weight is 485 g/mol. The van der Waals surface area contributed by atoms with Crippen LogP contribution >= 0.6 is 11.3 Å². The van der Waals surface area contributed by atoms with Crippen LogP contribution in [-0.2, 0) is 4.79 Å². The number of amides is 1. The van der Waals surface area contributed by atoms with Gasteiger partial charge >= 0.3 is 0 Å². The van der Waals surface area contributed by atoms with Gasteiger partial charge in [-0.2, -0.15) is 0 Å². The Balaban J connectivity index is 0.980. The van der Waals surface area contributed by atoms with E-state index in [2.05, 4.69) is 37.6 Å². The second kappa shape index (κ2) is 11.4. The lowest BCUT2D eigenvalue weighted by atomic mass is 9.83.